The molecule has 0 aliphatic rings. The van der Waals surface area contributed by atoms with Gasteiger partial charge in [0.1, 0.15) is 23.0 Å². The maximum absolute atomic E-state index is 11.3. The standard InChI is InChI=1S/C36H40N2O8S2/c39-33-31(47-35(41)37-33)23-25-7-11-27(12-8-25)43-19-3-1-5-21-45-29-15-17-30(18-16-29)46-22-6-2-4-20-44-28-13-9-26(10-14-28)24-32-34(40)38-36(42)48-32/h7-18,39-40H,1-6,19-24H2,(H,37,41)(H,38,42). The molecule has 0 unspecified atom stereocenters. The molecule has 0 aliphatic heterocycles. The first-order valence-electron chi connectivity index (χ1n) is 16.0. The Balaban J connectivity index is 0.855. The van der Waals surface area contributed by atoms with E-state index in [1.54, 1.807) is 0 Å². The van der Waals surface area contributed by atoms with Gasteiger partial charge in [-0.15, -0.1) is 0 Å². The average molecular weight is 693 g/mol. The van der Waals surface area contributed by atoms with Crippen molar-refractivity contribution < 1.29 is 29.2 Å². The number of unbranched alkanes of at least 4 members (excludes halogenated alkanes) is 4. The Morgan fingerprint density at radius 2 is 0.750 bits per heavy atom. The highest BCUT2D eigenvalue weighted by molar-refractivity contribution is 7.09. The Bertz CT molecular complexity index is 1660. The van der Waals surface area contributed by atoms with Gasteiger partial charge in [0.05, 0.1) is 36.2 Å². The minimum absolute atomic E-state index is 0.0566. The maximum atomic E-state index is 11.3. The van der Waals surface area contributed by atoms with Crippen LogP contribution in [0.3, 0.4) is 0 Å². The van der Waals surface area contributed by atoms with Crippen LogP contribution >= 0.6 is 22.7 Å². The first kappa shape index (κ1) is 34.6. The Kier molecular flexibility index (Phi) is 13.0. The molecule has 12 heteroatoms. The number of aromatic amines is 2. The lowest BCUT2D eigenvalue weighted by atomic mass is 10.1. The van der Waals surface area contributed by atoms with E-state index < -0.39 is 0 Å². The predicted octanol–water partition coefficient (Wildman–Crippen LogP) is 7.04. The van der Waals surface area contributed by atoms with Crippen molar-refractivity contribution in [1.29, 1.82) is 0 Å². The summed E-state index contributed by atoms with van der Waals surface area (Å²) in [6.45, 7) is 2.53. The second kappa shape index (κ2) is 18.0. The van der Waals surface area contributed by atoms with Gasteiger partial charge in [0.25, 0.3) is 0 Å². The molecule has 5 rings (SSSR count). The van der Waals surface area contributed by atoms with E-state index in [1.807, 2.05) is 72.8 Å². The molecule has 0 fully saturated rings. The highest BCUT2D eigenvalue weighted by Crippen LogP contribution is 2.24. The van der Waals surface area contributed by atoms with Crippen LogP contribution in [0.5, 0.6) is 34.8 Å². The van der Waals surface area contributed by atoms with Crippen molar-refractivity contribution >= 4 is 22.7 Å². The van der Waals surface area contributed by atoms with E-state index in [2.05, 4.69) is 9.97 Å². The number of nitrogens with one attached hydrogen (secondary N) is 2. The van der Waals surface area contributed by atoms with E-state index in [0.717, 1.165) is 95.3 Å². The highest BCUT2D eigenvalue weighted by Gasteiger charge is 2.09. The summed E-state index contributed by atoms with van der Waals surface area (Å²) in [5, 5.41) is 19.5. The lowest BCUT2D eigenvalue weighted by molar-refractivity contribution is 0.275. The molecular formula is C36H40N2O8S2. The van der Waals surface area contributed by atoms with E-state index in [-0.39, 0.29) is 21.5 Å². The van der Waals surface area contributed by atoms with Crippen molar-refractivity contribution in [2.75, 3.05) is 26.4 Å². The molecule has 2 aromatic heterocycles. The third-order valence-corrected chi connectivity index (χ3v) is 9.20. The molecule has 5 aromatic rings. The van der Waals surface area contributed by atoms with E-state index in [1.165, 1.54) is 0 Å². The molecule has 0 spiro atoms. The zero-order valence-electron chi connectivity index (χ0n) is 26.6. The van der Waals surface area contributed by atoms with E-state index in [0.29, 0.717) is 49.0 Å². The van der Waals surface area contributed by atoms with Crippen LogP contribution in [-0.4, -0.2) is 46.6 Å². The minimum atomic E-state index is -0.254. The highest BCUT2D eigenvalue weighted by atomic mass is 32.1. The quantitative estimate of drug-likeness (QED) is 0.0637. The van der Waals surface area contributed by atoms with Gasteiger partial charge >= 0.3 is 9.75 Å². The van der Waals surface area contributed by atoms with Crippen LogP contribution in [0.15, 0.2) is 82.4 Å². The molecule has 254 valence electrons. The topological polar surface area (TPSA) is 143 Å². The molecule has 0 saturated carbocycles. The molecule has 0 atom stereocenters. The van der Waals surface area contributed by atoms with Crippen LogP contribution in [0.1, 0.15) is 59.4 Å². The zero-order valence-corrected chi connectivity index (χ0v) is 28.2. The number of ether oxygens (including phenoxy) is 4. The molecule has 3 aromatic carbocycles. The number of hydrogen-bond donors (Lipinski definition) is 4. The smallest absolute Gasteiger partial charge is 0.307 e. The Labute approximate surface area is 286 Å². The second-order valence-corrected chi connectivity index (χ2v) is 13.3. The molecule has 4 N–H and O–H groups in total. The number of thiazole rings is 2. The van der Waals surface area contributed by atoms with Crippen LogP contribution in [0.2, 0.25) is 0 Å². The number of aromatic nitrogens is 2. The van der Waals surface area contributed by atoms with Gasteiger partial charge in [0.15, 0.2) is 0 Å². The van der Waals surface area contributed by atoms with Crippen molar-refractivity contribution in [3.05, 3.63) is 113 Å². The van der Waals surface area contributed by atoms with Crippen LogP contribution in [-0.2, 0) is 12.8 Å². The van der Waals surface area contributed by atoms with Crippen molar-refractivity contribution in [2.24, 2.45) is 0 Å². The van der Waals surface area contributed by atoms with Gasteiger partial charge in [0, 0.05) is 12.8 Å². The third-order valence-electron chi connectivity index (χ3n) is 7.45. The third kappa shape index (κ3) is 11.2. The van der Waals surface area contributed by atoms with Crippen LogP contribution in [0.25, 0.3) is 0 Å². The fourth-order valence-electron chi connectivity index (χ4n) is 4.88. The summed E-state index contributed by atoms with van der Waals surface area (Å²) in [7, 11) is 0. The zero-order chi connectivity index (χ0) is 33.6. The molecule has 0 bridgehead atoms. The van der Waals surface area contributed by atoms with E-state index >= 15 is 0 Å². The number of aromatic hydroxyl groups is 2. The van der Waals surface area contributed by atoms with Gasteiger partial charge in [-0.05, 0) is 98.2 Å². The largest absolute Gasteiger partial charge is 0.494 e. The van der Waals surface area contributed by atoms with E-state index in [4.69, 9.17) is 18.9 Å². The Hall–Kier alpha value is -4.68. The molecular weight excluding hydrogens is 653 g/mol. The van der Waals surface area contributed by atoms with Crippen LogP contribution in [0.4, 0.5) is 0 Å². The molecule has 0 aliphatic carbocycles. The van der Waals surface area contributed by atoms with Gasteiger partial charge in [0.2, 0.25) is 11.8 Å². The van der Waals surface area contributed by atoms with Crippen molar-refractivity contribution in [1.82, 2.24) is 9.97 Å². The van der Waals surface area contributed by atoms with Crippen LogP contribution < -0.4 is 28.7 Å². The summed E-state index contributed by atoms with van der Waals surface area (Å²) in [5.41, 5.74) is 2.00. The van der Waals surface area contributed by atoms with Crippen molar-refractivity contribution in [3.63, 3.8) is 0 Å². The van der Waals surface area contributed by atoms with Crippen molar-refractivity contribution in [3.8, 4) is 34.8 Å². The first-order valence-corrected chi connectivity index (χ1v) is 17.7. The fourth-order valence-corrected chi connectivity index (χ4v) is 6.39. The average Bonchev–Trinajstić information content (AvgIpc) is 3.58. The molecule has 10 nitrogen and oxygen atoms in total. The fraction of sp³-hybridized carbons (Fsp3) is 0.333. The molecule has 48 heavy (non-hydrogen) atoms. The van der Waals surface area contributed by atoms with Gasteiger partial charge in [-0.25, -0.2) is 0 Å². The summed E-state index contributed by atoms with van der Waals surface area (Å²) in [6, 6.07) is 23.1. The number of hydrogen-bond acceptors (Lipinski definition) is 10. The number of rotatable bonds is 20. The van der Waals surface area contributed by atoms with Gasteiger partial charge in [-0.1, -0.05) is 46.9 Å². The Morgan fingerprint density at radius 1 is 0.458 bits per heavy atom. The molecule has 0 amide bonds. The van der Waals surface area contributed by atoms with Gasteiger partial charge < -0.3 is 29.2 Å². The lowest BCUT2D eigenvalue weighted by Crippen LogP contribution is -2.02. The first-order chi connectivity index (χ1) is 23.4. The van der Waals surface area contributed by atoms with E-state index in [9.17, 15) is 19.8 Å². The Morgan fingerprint density at radius 3 is 1.02 bits per heavy atom. The summed E-state index contributed by atoms with van der Waals surface area (Å²) in [4.78, 5) is 28.2. The lowest BCUT2D eigenvalue weighted by Gasteiger charge is -2.10. The second-order valence-electron chi connectivity index (χ2n) is 11.2. The normalized spacial score (nSPS) is 11.0. The minimum Gasteiger partial charge on any atom is -0.494 e. The van der Waals surface area contributed by atoms with Crippen molar-refractivity contribution in [2.45, 2.75) is 51.4 Å². The maximum Gasteiger partial charge on any atom is 0.307 e. The summed E-state index contributed by atoms with van der Waals surface area (Å²) >= 11 is 2.04. The molecule has 0 radical (unpaired) electrons. The summed E-state index contributed by atoms with van der Waals surface area (Å²) in [5.74, 6) is 3.13. The van der Waals surface area contributed by atoms with Gasteiger partial charge in [-0.2, -0.15) is 0 Å². The summed E-state index contributed by atoms with van der Waals surface area (Å²) < 4.78 is 23.4. The van der Waals surface area contributed by atoms with Crippen LogP contribution in [0, 0.1) is 0 Å². The number of H-pyrrole nitrogens is 2. The molecule has 0 saturated heterocycles. The SMILES string of the molecule is O=c1[nH]c(O)c(Cc2ccc(OCCCCCOc3ccc(OCCCCCOc4ccc(Cc5sc(=O)[nH]c5O)cc4)cc3)cc2)s1. The van der Waals surface area contributed by atoms with Gasteiger partial charge in [-0.3, -0.25) is 19.6 Å². The summed E-state index contributed by atoms with van der Waals surface area (Å²) in [6.07, 6.45) is 6.71. The predicted molar refractivity (Wildman–Crippen MR) is 188 cm³/mol. The molecule has 2 heterocycles. The monoisotopic (exact) mass is 692 g/mol. The number of benzene rings is 3.